The van der Waals surface area contributed by atoms with Crippen LogP contribution in [0.2, 0.25) is 0 Å². The Kier molecular flexibility index (Phi) is 6.84. The van der Waals surface area contributed by atoms with Crippen LogP contribution in [0.3, 0.4) is 0 Å². The number of benzene rings is 2. The van der Waals surface area contributed by atoms with E-state index >= 15 is 0 Å². The molecular weight excluding hydrogens is 354 g/mol. The predicted molar refractivity (Wildman–Crippen MR) is 110 cm³/mol. The van der Waals surface area contributed by atoms with Gasteiger partial charge in [-0.25, -0.2) is 4.79 Å². The Labute approximate surface area is 166 Å². The second-order valence-corrected chi connectivity index (χ2v) is 7.78. The third kappa shape index (κ3) is 4.71. The topological polar surface area (TPSA) is 77.8 Å². The molecule has 0 fully saturated rings. The standard InChI is InChI=1S/C23H29NO4/c1-14(2)17-12-18(15(3)4)21(25)19(13-17)22(26)24(5)20(23(27)28)11-16-9-7-6-8-10-16/h6-10,12-15,20,25H,11H2,1-5H3,(H,27,28). The number of carbonyl (C=O) groups is 2. The number of nitrogens with zero attached hydrogens (tertiary/aromatic N) is 1. The number of carbonyl (C=O) groups excluding carboxylic acids is 1. The van der Waals surface area contributed by atoms with E-state index in [0.29, 0.717) is 5.56 Å². The molecule has 5 heteroatoms. The molecule has 28 heavy (non-hydrogen) atoms. The summed E-state index contributed by atoms with van der Waals surface area (Å²) in [6, 6.07) is 11.8. The number of aliphatic carboxylic acids is 1. The molecule has 0 saturated carbocycles. The second kappa shape index (κ2) is 8.91. The zero-order valence-corrected chi connectivity index (χ0v) is 17.1. The summed E-state index contributed by atoms with van der Waals surface area (Å²) in [4.78, 5) is 26.2. The molecule has 0 aromatic heterocycles. The number of rotatable bonds is 7. The van der Waals surface area contributed by atoms with Crippen LogP contribution in [0.4, 0.5) is 0 Å². The average Bonchev–Trinajstić information content (AvgIpc) is 2.65. The minimum Gasteiger partial charge on any atom is -0.507 e. The van der Waals surface area contributed by atoms with Crippen LogP contribution < -0.4 is 0 Å². The summed E-state index contributed by atoms with van der Waals surface area (Å²) in [5.41, 5.74) is 2.61. The lowest BCUT2D eigenvalue weighted by Gasteiger charge is -2.26. The lowest BCUT2D eigenvalue weighted by atomic mass is 9.91. The molecule has 0 aliphatic carbocycles. The highest BCUT2D eigenvalue weighted by Gasteiger charge is 2.30. The summed E-state index contributed by atoms with van der Waals surface area (Å²) >= 11 is 0. The largest absolute Gasteiger partial charge is 0.507 e. The molecule has 2 N–H and O–H groups in total. The maximum absolute atomic E-state index is 13.2. The minimum absolute atomic E-state index is 0.0372. The van der Waals surface area contributed by atoms with Gasteiger partial charge in [0.1, 0.15) is 11.8 Å². The Balaban J connectivity index is 2.43. The molecule has 150 valence electrons. The quantitative estimate of drug-likeness (QED) is 0.742. The molecule has 0 radical (unpaired) electrons. The van der Waals surface area contributed by atoms with Crippen molar-refractivity contribution in [2.24, 2.45) is 0 Å². The van der Waals surface area contributed by atoms with Gasteiger partial charge in [-0.3, -0.25) is 4.79 Å². The molecule has 0 saturated heterocycles. The molecule has 1 atom stereocenters. The van der Waals surface area contributed by atoms with Crippen molar-refractivity contribution >= 4 is 11.9 Å². The fourth-order valence-electron chi connectivity index (χ4n) is 3.18. The van der Waals surface area contributed by atoms with Crippen LogP contribution in [0, 0.1) is 0 Å². The van der Waals surface area contributed by atoms with Crippen LogP contribution in [0.15, 0.2) is 42.5 Å². The number of phenols is 1. The van der Waals surface area contributed by atoms with Crippen LogP contribution >= 0.6 is 0 Å². The van der Waals surface area contributed by atoms with Crippen LogP contribution in [-0.2, 0) is 11.2 Å². The van der Waals surface area contributed by atoms with Gasteiger partial charge in [-0.05, 0) is 34.6 Å². The molecular formula is C23H29NO4. The summed E-state index contributed by atoms with van der Waals surface area (Å²) in [6.07, 6.45) is 0.195. The Morgan fingerprint density at radius 1 is 1.00 bits per heavy atom. The predicted octanol–water partition coefficient (Wildman–Crippen LogP) is 4.41. The lowest BCUT2D eigenvalue weighted by molar-refractivity contribution is -0.141. The Morgan fingerprint density at radius 2 is 1.61 bits per heavy atom. The van der Waals surface area contributed by atoms with Crippen molar-refractivity contribution in [2.75, 3.05) is 7.05 Å². The summed E-state index contributed by atoms with van der Waals surface area (Å²) < 4.78 is 0. The highest BCUT2D eigenvalue weighted by atomic mass is 16.4. The normalized spacial score (nSPS) is 12.2. The maximum atomic E-state index is 13.2. The van der Waals surface area contributed by atoms with Crippen molar-refractivity contribution in [1.82, 2.24) is 4.90 Å². The first-order chi connectivity index (χ1) is 13.1. The van der Waals surface area contributed by atoms with Crippen molar-refractivity contribution in [3.05, 3.63) is 64.7 Å². The fourth-order valence-corrected chi connectivity index (χ4v) is 3.18. The van der Waals surface area contributed by atoms with Gasteiger partial charge in [-0.1, -0.05) is 64.1 Å². The second-order valence-electron chi connectivity index (χ2n) is 7.78. The van der Waals surface area contributed by atoms with Crippen molar-refractivity contribution in [1.29, 1.82) is 0 Å². The molecule has 2 rings (SSSR count). The number of likely N-dealkylation sites (N-methyl/N-ethyl adjacent to an activating group) is 1. The first-order valence-electron chi connectivity index (χ1n) is 9.54. The van der Waals surface area contributed by atoms with Crippen molar-refractivity contribution < 1.29 is 19.8 Å². The minimum atomic E-state index is -1.08. The van der Waals surface area contributed by atoms with Gasteiger partial charge in [0, 0.05) is 13.5 Å². The van der Waals surface area contributed by atoms with E-state index in [-0.39, 0.29) is 29.6 Å². The molecule has 2 aromatic carbocycles. The Hall–Kier alpha value is -2.82. The van der Waals surface area contributed by atoms with Gasteiger partial charge in [0.2, 0.25) is 0 Å². The van der Waals surface area contributed by atoms with E-state index in [0.717, 1.165) is 11.1 Å². The molecule has 0 aliphatic heterocycles. The number of carboxylic acids is 1. The van der Waals surface area contributed by atoms with Gasteiger partial charge in [-0.15, -0.1) is 0 Å². The van der Waals surface area contributed by atoms with E-state index < -0.39 is 17.9 Å². The molecule has 0 aliphatic rings. The van der Waals surface area contributed by atoms with Gasteiger partial charge >= 0.3 is 5.97 Å². The molecule has 2 aromatic rings. The molecule has 5 nitrogen and oxygen atoms in total. The maximum Gasteiger partial charge on any atom is 0.326 e. The molecule has 1 amide bonds. The SMILES string of the molecule is CC(C)c1cc(C(=O)N(C)C(Cc2ccccc2)C(=O)O)c(O)c(C(C)C)c1. The van der Waals surface area contributed by atoms with Gasteiger partial charge in [0.25, 0.3) is 5.91 Å². The van der Waals surface area contributed by atoms with Crippen LogP contribution in [0.1, 0.15) is 66.6 Å². The first kappa shape index (κ1) is 21.5. The number of phenolic OH excluding ortho intramolecular Hbond substituents is 1. The highest BCUT2D eigenvalue weighted by molar-refractivity contribution is 5.99. The molecule has 0 bridgehead atoms. The first-order valence-corrected chi connectivity index (χ1v) is 9.54. The summed E-state index contributed by atoms with van der Waals surface area (Å²) in [5.74, 6) is -1.43. The smallest absolute Gasteiger partial charge is 0.326 e. The van der Waals surface area contributed by atoms with E-state index in [1.165, 1.54) is 11.9 Å². The van der Waals surface area contributed by atoms with Crippen molar-refractivity contribution in [2.45, 2.75) is 52.0 Å². The molecule has 0 heterocycles. The third-order valence-corrected chi connectivity index (χ3v) is 5.03. The Bertz CT molecular complexity index is 843. The van der Waals surface area contributed by atoms with Gasteiger partial charge < -0.3 is 15.1 Å². The van der Waals surface area contributed by atoms with E-state index in [1.54, 1.807) is 6.07 Å². The van der Waals surface area contributed by atoms with Crippen LogP contribution in [0.25, 0.3) is 0 Å². The third-order valence-electron chi connectivity index (χ3n) is 5.03. The zero-order valence-electron chi connectivity index (χ0n) is 17.1. The van der Waals surface area contributed by atoms with E-state index in [4.69, 9.17) is 0 Å². The van der Waals surface area contributed by atoms with E-state index in [9.17, 15) is 19.8 Å². The monoisotopic (exact) mass is 383 g/mol. The zero-order chi connectivity index (χ0) is 21.0. The van der Waals surface area contributed by atoms with E-state index in [1.807, 2.05) is 64.1 Å². The Morgan fingerprint density at radius 3 is 2.11 bits per heavy atom. The van der Waals surface area contributed by atoms with Crippen LogP contribution in [-0.4, -0.2) is 40.1 Å². The van der Waals surface area contributed by atoms with Crippen LogP contribution in [0.5, 0.6) is 5.75 Å². The van der Waals surface area contributed by atoms with Gasteiger partial charge in [-0.2, -0.15) is 0 Å². The van der Waals surface area contributed by atoms with Crippen molar-refractivity contribution in [3.8, 4) is 5.75 Å². The lowest BCUT2D eigenvalue weighted by Crippen LogP contribution is -2.44. The van der Waals surface area contributed by atoms with Gasteiger partial charge in [0.05, 0.1) is 5.56 Å². The number of aromatic hydroxyl groups is 1. The summed E-state index contributed by atoms with van der Waals surface area (Å²) in [7, 11) is 1.47. The number of hydrogen-bond acceptors (Lipinski definition) is 3. The summed E-state index contributed by atoms with van der Waals surface area (Å²) in [6.45, 7) is 7.94. The van der Waals surface area contributed by atoms with Crippen molar-refractivity contribution in [3.63, 3.8) is 0 Å². The van der Waals surface area contributed by atoms with E-state index in [2.05, 4.69) is 0 Å². The number of hydrogen-bond donors (Lipinski definition) is 2. The summed E-state index contributed by atoms with van der Waals surface area (Å²) in [5, 5.41) is 20.4. The fraction of sp³-hybridized carbons (Fsp3) is 0.391. The average molecular weight is 383 g/mol. The molecule has 0 spiro atoms. The van der Waals surface area contributed by atoms with Gasteiger partial charge in [0.15, 0.2) is 0 Å². The highest BCUT2D eigenvalue weighted by Crippen LogP contribution is 2.34. The number of carboxylic acid groups (broad SMARTS) is 1. The number of amides is 1. The molecule has 1 unspecified atom stereocenters.